The molecule has 0 bridgehead atoms. The lowest BCUT2D eigenvalue weighted by Crippen LogP contribution is -2.37. The molecular formula is C12H19BrN4O2S. The second-order valence-corrected chi connectivity index (χ2v) is 7.49. The Kier molecular flexibility index (Phi) is 5.36. The fourth-order valence-electron chi connectivity index (χ4n) is 2.25. The molecule has 1 saturated heterocycles. The number of nitrogens with zero attached hydrogens (tertiary/aromatic N) is 2. The van der Waals surface area contributed by atoms with Crippen LogP contribution >= 0.6 is 15.9 Å². The van der Waals surface area contributed by atoms with E-state index in [-0.39, 0.29) is 10.7 Å². The van der Waals surface area contributed by atoms with Gasteiger partial charge in [0, 0.05) is 23.8 Å². The quantitative estimate of drug-likeness (QED) is 0.821. The predicted octanol–water partition coefficient (Wildman–Crippen LogP) is 1.19. The SMILES string of the molecule is Nc1ncc(Br)cc1S(=O)(=O)NCCN1CCCCC1. The highest BCUT2D eigenvalue weighted by Gasteiger charge is 2.19. The Bertz CT molecular complexity index is 559. The fourth-order valence-corrected chi connectivity index (χ4v) is 3.85. The molecular weight excluding hydrogens is 344 g/mol. The zero-order chi connectivity index (χ0) is 14.6. The van der Waals surface area contributed by atoms with E-state index in [0.717, 1.165) is 19.6 Å². The van der Waals surface area contributed by atoms with E-state index in [9.17, 15) is 8.42 Å². The average Bonchev–Trinajstić information content (AvgIpc) is 2.42. The molecule has 112 valence electrons. The van der Waals surface area contributed by atoms with E-state index in [1.807, 2.05) is 0 Å². The summed E-state index contributed by atoms with van der Waals surface area (Å²) in [4.78, 5) is 6.14. The minimum atomic E-state index is -3.61. The first kappa shape index (κ1) is 15.7. The number of nitrogens with two attached hydrogens (primary N) is 1. The molecule has 8 heteroatoms. The van der Waals surface area contributed by atoms with E-state index in [1.165, 1.54) is 31.5 Å². The number of hydrogen-bond donors (Lipinski definition) is 2. The number of rotatable bonds is 5. The summed E-state index contributed by atoms with van der Waals surface area (Å²) in [5.74, 6) is 0.0127. The average molecular weight is 363 g/mol. The molecule has 0 radical (unpaired) electrons. The van der Waals surface area contributed by atoms with E-state index in [1.54, 1.807) is 0 Å². The number of piperidine rings is 1. The molecule has 3 N–H and O–H groups in total. The van der Waals surface area contributed by atoms with Crippen molar-refractivity contribution in [3.8, 4) is 0 Å². The minimum absolute atomic E-state index is 0.0127. The zero-order valence-corrected chi connectivity index (χ0v) is 13.6. The molecule has 6 nitrogen and oxygen atoms in total. The summed E-state index contributed by atoms with van der Waals surface area (Å²) in [6.07, 6.45) is 5.12. The van der Waals surface area contributed by atoms with Crippen molar-refractivity contribution in [1.82, 2.24) is 14.6 Å². The highest BCUT2D eigenvalue weighted by Crippen LogP contribution is 2.20. The summed E-state index contributed by atoms with van der Waals surface area (Å²) in [5, 5.41) is 0. The lowest BCUT2D eigenvalue weighted by Gasteiger charge is -2.26. The molecule has 1 aromatic heterocycles. The van der Waals surface area contributed by atoms with Crippen LogP contribution in [0, 0.1) is 0 Å². The highest BCUT2D eigenvalue weighted by molar-refractivity contribution is 9.10. The van der Waals surface area contributed by atoms with Gasteiger partial charge in [-0.25, -0.2) is 18.1 Å². The third kappa shape index (κ3) is 4.15. The van der Waals surface area contributed by atoms with Crippen LogP contribution in [0.1, 0.15) is 19.3 Å². The summed E-state index contributed by atoms with van der Waals surface area (Å²) in [7, 11) is -3.61. The van der Waals surface area contributed by atoms with Crippen LogP contribution in [0.3, 0.4) is 0 Å². The molecule has 1 aliphatic rings. The standard InChI is InChI=1S/C12H19BrN4O2S/c13-10-8-11(12(14)15-9-10)20(18,19)16-4-7-17-5-2-1-3-6-17/h8-9,16H,1-7H2,(H2,14,15). The molecule has 0 saturated carbocycles. The van der Waals surface area contributed by atoms with Gasteiger partial charge in [0.1, 0.15) is 10.7 Å². The van der Waals surface area contributed by atoms with E-state index in [0.29, 0.717) is 11.0 Å². The Balaban J connectivity index is 1.95. The summed E-state index contributed by atoms with van der Waals surface area (Å²) in [5.41, 5.74) is 5.63. The number of halogens is 1. The van der Waals surface area contributed by atoms with Gasteiger partial charge >= 0.3 is 0 Å². The van der Waals surface area contributed by atoms with Crippen molar-refractivity contribution in [2.75, 3.05) is 31.9 Å². The van der Waals surface area contributed by atoms with Gasteiger partial charge in [0.2, 0.25) is 10.0 Å². The van der Waals surface area contributed by atoms with Gasteiger partial charge in [-0.15, -0.1) is 0 Å². The molecule has 0 atom stereocenters. The van der Waals surface area contributed by atoms with Crippen LogP contribution in [0.5, 0.6) is 0 Å². The first-order chi connectivity index (χ1) is 9.49. The number of nitrogens with one attached hydrogen (secondary N) is 1. The number of hydrogen-bond acceptors (Lipinski definition) is 5. The summed E-state index contributed by atoms with van der Waals surface area (Å²) in [6, 6.07) is 1.46. The van der Waals surface area contributed by atoms with E-state index in [4.69, 9.17) is 5.73 Å². The Morgan fingerprint density at radius 2 is 2.05 bits per heavy atom. The Morgan fingerprint density at radius 3 is 2.75 bits per heavy atom. The molecule has 1 aliphatic heterocycles. The number of sulfonamides is 1. The van der Waals surface area contributed by atoms with Crippen molar-refractivity contribution >= 4 is 31.8 Å². The van der Waals surface area contributed by atoms with Crippen molar-refractivity contribution < 1.29 is 8.42 Å². The largest absolute Gasteiger partial charge is 0.383 e. The van der Waals surface area contributed by atoms with E-state index >= 15 is 0 Å². The zero-order valence-electron chi connectivity index (χ0n) is 11.2. The van der Waals surface area contributed by atoms with Gasteiger partial charge in [-0.1, -0.05) is 6.42 Å². The summed E-state index contributed by atoms with van der Waals surface area (Å²) < 4.78 is 27.5. The molecule has 0 unspecified atom stereocenters. The first-order valence-electron chi connectivity index (χ1n) is 6.62. The third-order valence-electron chi connectivity index (χ3n) is 3.31. The highest BCUT2D eigenvalue weighted by atomic mass is 79.9. The topological polar surface area (TPSA) is 88.3 Å². The van der Waals surface area contributed by atoms with Crippen LogP contribution in [-0.4, -0.2) is 44.5 Å². The summed E-state index contributed by atoms with van der Waals surface area (Å²) >= 11 is 3.20. The lowest BCUT2D eigenvalue weighted by molar-refractivity contribution is 0.233. The van der Waals surface area contributed by atoms with Gasteiger partial charge < -0.3 is 10.6 Å². The minimum Gasteiger partial charge on any atom is -0.383 e. The normalized spacial score (nSPS) is 17.2. The molecule has 0 spiro atoms. The molecule has 0 amide bonds. The first-order valence-corrected chi connectivity index (χ1v) is 8.90. The third-order valence-corrected chi connectivity index (χ3v) is 5.23. The van der Waals surface area contributed by atoms with Crippen LogP contribution in [0.2, 0.25) is 0 Å². The Morgan fingerprint density at radius 1 is 1.35 bits per heavy atom. The number of likely N-dealkylation sites (tertiary alicyclic amines) is 1. The van der Waals surface area contributed by atoms with Crippen molar-refractivity contribution in [1.29, 1.82) is 0 Å². The monoisotopic (exact) mass is 362 g/mol. The van der Waals surface area contributed by atoms with Crippen LogP contribution in [0.4, 0.5) is 5.82 Å². The molecule has 0 aromatic carbocycles. The Hall–Kier alpha value is -0.700. The van der Waals surface area contributed by atoms with E-state index in [2.05, 4.69) is 30.5 Å². The van der Waals surface area contributed by atoms with Crippen molar-refractivity contribution in [3.05, 3.63) is 16.7 Å². The number of anilines is 1. The van der Waals surface area contributed by atoms with Gasteiger partial charge in [0.05, 0.1) is 0 Å². The van der Waals surface area contributed by atoms with E-state index < -0.39 is 10.0 Å². The predicted molar refractivity (Wildman–Crippen MR) is 81.8 cm³/mol. The molecule has 1 fully saturated rings. The van der Waals surface area contributed by atoms with Gasteiger partial charge in [0.15, 0.2) is 0 Å². The van der Waals surface area contributed by atoms with Gasteiger partial charge in [-0.3, -0.25) is 0 Å². The lowest BCUT2D eigenvalue weighted by atomic mass is 10.1. The fraction of sp³-hybridized carbons (Fsp3) is 0.583. The maximum absolute atomic E-state index is 12.2. The molecule has 0 aliphatic carbocycles. The molecule has 1 aromatic rings. The second kappa shape index (κ2) is 6.84. The van der Waals surface area contributed by atoms with Crippen molar-refractivity contribution in [3.63, 3.8) is 0 Å². The van der Waals surface area contributed by atoms with Gasteiger partial charge in [-0.05, 0) is 47.9 Å². The number of nitrogen functional groups attached to an aromatic ring is 1. The van der Waals surface area contributed by atoms with Crippen LogP contribution < -0.4 is 10.5 Å². The smallest absolute Gasteiger partial charge is 0.244 e. The maximum atomic E-state index is 12.2. The molecule has 20 heavy (non-hydrogen) atoms. The Labute approximate surface area is 127 Å². The summed E-state index contributed by atoms with van der Waals surface area (Å²) in [6.45, 7) is 3.19. The van der Waals surface area contributed by atoms with Crippen LogP contribution in [-0.2, 0) is 10.0 Å². The number of pyridine rings is 1. The maximum Gasteiger partial charge on any atom is 0.244 e. The van der Waals surface area contributed by atoms with Crippen LogP contribution in [0.25, 0.3) is 0 Å². The second-order valence-electron chi connectivity index (χ2n) is 4.84. The van der Waals surface area contributed by atoms with Gasteiger partial charge in [0.25, 0.3) is 0 Å². The molecule has 2 heterocycles. The molecule has 2 rings (SSSR count). The van der Waals surface area contributed by atoms with Gasteiger partial charge in [-0.2, -0.15) is 0 Å². The van der Waals surface area contributed by atoms with Crippen molar-refractivity contribution in [2.24, 2.45) is 0 Å². The van der Waals surface area contributed by atoms with Crippen LogP contribution in [0.15, 0.2) is 21.6 Å². The van der Waals surface area contributed by atoms with Crippen molar-refractivity contribution in [2.45, 2.75) is 24.2 Å². The number of aromatic nitrogens is 1.